The van der Waals surface area contributed by atoms with Gasteiger partial charge in [0.2, 0.25) is 5.95 Å². The van der Waals surface area contributed by atoms with Crippen LogP contribution in [0.3, 0.4) is 0 Å². The molecule has 0 spiro atoms. The fourth-order valence-electron chi connectivity index (χ4n) is 2.17. The zero-order valence-electron chi connectivity index (χ0n) is 13.0. The number of para-hydroxylation sites is 1. The van der Waals surface area contributed by atoms with E-state index in [1.165, 1.54) is 0 Å². The van der Waals surface area contributed by atoms with Crippen molar-refractivity contribution in [1.29, 1.82) is 0 Å². The Morgan fingerprint density at radius 1 is 0.960 bits per heavy atom. The molecule has 0 aliphatic heterocycles. The molecule has 1 heterocycles. The number of nitrogens with one attached hydrogen (secondary N) is 2. The van der Waals surface area contributed by atoms with Crippen molar-refractivity contribution in [3.8, 4) is 0 Å². The number of hydrogen-bond donors (Lipinski definition) is 2. The molecule has 5 nitrogen and oxygen atoms in total. The van der Waals surface area contributed by atoms with Gasteiger partial charge in [-0.05, 0) is 36.2 Å². The Morgan fingerprint density at radius 3 is 2.60 bits per heavy atom. The van der Waals surface area contributed by atoms with Gasteiger partial charge < -0.3 is 10.6 Å². The van der Waals surface area contributed by atoms with Crippen LogP contribution in [0, 0.1) is 0 Å². The van der Waals surface area contributed by atoms with Gasteiger partial charge in [0.05, 0.1) is 16.9 Å². The van der Waals surface area contributed by atoms with E-state index in [2.05, 4.69) is 25.8 Å². The van der Waals surface area contributed by atoms with Crippen molar-refractivity contribution in [3.05, 3.63) is 69.3 Å². The molecule has 0 radical (unpaired) electrons. The quantitative estimate of drug-likeness (QED) is 0.599. The van der Waals surface area contributed by atoms with Crippen LogP contribution in [0.15, 0.2) is 48.7 Å². The Kier molecular flexibility index (Phi) is 5.91. The van der Waals surface area contributed by atoms with Crippen molar-refractivity contribution in [2.75, 3.05) is 17.2 Å². The van der Waals surface area contributed by atoms with E-state index >= 15 is 0 Å². The lowest BCUT2D eigenvalue weighted by Gasteiger charge is -2.09. The van der Waals surface area contributed by atoms with Crippen LogP contribution in [0.5, 0.6) is 0 Å². The van der Waals surface area contributed by atoms with E-state index in [4.69, 9.17) is 34.8 Å². The van der Waals surface area contributed by atoms with E-state index in [-0.39, 0.29) is 0 Å². The SMILES string of the molecule is Clc1ccc(CCNc2cnnc(Nc3ccccc3Cl)n2)c(Cl)c1. The summed E-state index contributed by atoms with van der Waals surface area (Å²) in [5, 5.41) is 16.0. The molecule has 128 valence electrons. The molecule has 3 rings (SSSR count). The van der Waals surface area contributed by atoms with Crippen molar-refractivity contribution in [3.63, 3.8) is 0 Å². The van der Waals surface area contributed by atoms with Gasteiger partial charge >= 0.3 is 0 Å². The predicted molar refractivity (Wildman–Crippen MR) is 103 cm³/mol. The molecule has 0 saturated heterocycles. The number of halogens is 3. The van der Waals surface area contributed by atoms with E-state index in [0.29, 0.717) is 33.4 Å². The van der Waals surface area contributed by atoms with Crippen LogP contribution in [0.2, 0.25) is 15.1 Å². The average molecular weight is 395 g/mol. The average Bonchev–Trinajstić information content (AvgIpc) is 2.59. The summed E-state index contributed by atoms with van der Waals surface area (Å²) >= 11 is 18.2. The molecule has 2 aromatic carbocycles. The summed E-state index contributed by atoms with van der Waals surface area (Å²) in [5.74, 6) is 0.970. The van der Waals surface area contributed by atoms with Crippen molar-refractivity contribution >= 4 is 52.3 Å². The third-order valence-electron chi connectivity index (χ3n) is 3.39. The summed E-state index contributed by atoms with van der Waals surface area (Å²) in [7, 11) is 0. The fraction of sp³-hybridized carbons (Fsp3) is 0.118. The first-order valence-corrected chi connectivity index (χ1v) is 8.64. The molecule has 0 unspecified atom stereocenters. The summed E-state index contributed by atoms with van der Waals surface area (Å²) < 4.78 is 0. The Labute approximate surface area is 160 Å². The summed E-state index contributed by atoms with van der Waals surface area (Å²) in [6.45, 7) is 0.644. The lowest BCUT2D eigenvalue weighted by molar-refractivity contribution is 0.950. The molecule has 0 saturated carbocycles. The molecule has 0 amide bonds. The standard InChI is InChI=1S/C17H14Cl3N5/c18-12-6-5-11(14(20)9-12)7-8-21-16-10-22-25-17(24-16)23-15-4-2-1-3-13(15)19/h1-6,9-10H,7-8H2,(H2,21,23,24,25). The highest BCUT2D eigenvalue weighted by Crippen LogP contribution is 2.23. The van der Waals surface area contributed by atoms with Gasteiger partial charge in [0.25, 0.3) is 0 Å². The lowest BCUT2D eigenvalue weighted by atomic mass is 10.1. The molecule has 0 aliphatic rings. The van der Waals surface area contributed by atoms with Gasteiger partial charge in [0.15, 0.2) is 5.82 Å². The first-order chi connectivity index (χ1) is 12.1. The minimum Gasteiger partial charge on any atom is -0.368 e. The van der Waals surface area contributed by atoms with Gasteiger partial charge in [-0.3, -0.25) is 0 Å². The minimum absolute atomic E-state index is 0.364. The summed E-state index contributed by atoms with van der Waals surface area (Å²) in [4.78, 5) is 4.37. The maximum absolute atomic E-state index is 6.17. The van der Waals surface area contributed by atoms with Gasteiger partial charge in [-0.15, -0.1) is 5.10 Å². The molecule has 8 heteroatoms. The number of aromatic nitrogens is 3. The van der Waals surface area contributed by atoms with Crippen molar-refractivity contribution in [1.82, 2.24) is 15.2 Å². The maximum atomic E-state index is 6.17. The summed E-state index contributed by atoms with van der Waals surface area (Å²) in [5.41, 5.74) is 1.73. The largest absolute Gasteiger partial charge is 0.368 e. The lowest BCUT2D eigenvalue weighted by Crippen LogP contribution is -2.09. The van der Waals surface area contributed by atoms with Gasteiger partial charge in [0, 0.05) is 16.6 Å². The molecule has 0 bridgehead atoms. The monoisotopic (exact) mass is 393 g/mol. The van der Waals surface area contributed by atoms with Crippen molar-refractivity contribution in [2.45, 2.75) is 6.42 Å². The first kappa shape index (κ1) is 17.7. The molecule has 0 fully saturated rings. The normalized spacial score (nSPS) is 10.5. The van der Waals surface area contributed by atoms with Crippen LogP contribution in [0.25, 0.3) is 0 Å². The third kappa shape index (κ3) is 4.95. The third-order valence-corrected chi connectivity index (χ3v) is 4.31. The minimum atomic E-state index is 0.364. The Balaban J connectivity index is 1.61. The molecule has 25 heavy (non-hydrogen) atoms. The number of hydrogen-bond acceptors (Lipinski definition) is 5. The molecule has 0 aliphatic carbocycles. The van der Waals surface area contributed by atoms with Crippen LogP contribution in [0.1, 0.15) is 5.56 Å². The summed E-state index contributed by atoms with van der Waals surface area (Å²) in [6, 6.07) is 12.8. The van der Waals surface area contributed by atoms with Gasteiger partial charge in [-0.25, -0.2) is 0 Å². The van der Waals surface area contributed by atoms with E-state index in [1.54, 1.807) is 18.3 Å². The molecular weight excluding hydrogens is 381 g/mol. The van der Waals surface area contributed by atoms with E-state index in [0.717, 1.165) is 17.7 Å². The van der Waals surface area contributed by atoms with Crippen LogP contribution in [-0.4, -0.2) is 21.7 Å². The molecular formula is C17H14Cl3N5. The Hall–Kier alpha value is -2.08. The molecule has 1 aromatic heterocycles. The zero-order valence-corrected chi connectivity index (χ0v) is 15.3. The number of nitrogens with zero attached hydrogens (tertiary/aromatic N) is 3. The topological polar surface area (TPSA) is 62.7 Å². The smallest absolute Gasteiger partial charge is 0.249 e. The number of rotatable bonds is 6. The van der Waals surface area contributed by atoms with Crippen LogP contribution >= 0.6 is 34.8 Å². The second-order valence-corrected chi connectivity index (χ2v) is 6.43. The Bertz CT molecular complexity index is 872. The van der Waals surface area contributed by atoms with Crippen molar-refractivity contribution < 1.29 is 0 Å². The molecule has 0 atom stereocenters. The van der Waals surface area contributed by atoms with E-state index in [1.807, 2.05) is 30.3 Å². The van der Waals surface area contributed by atoms with Gasteiger partial charge in [0.1, 0.15) is 0 Å². The Morgan fingerprint density at radius 2 is 1.80 bits per heavy atom. The number of anilines is 3. The van der Waals surface area contributed by atoms with Crippen LogP contribution in [0.4, 0.5) is 17.5 Å². The second kappa shape index (κ2) is 8.34. The highest BCUT2D eigenvalue weighted by molar-refractivity contribution is 6.35. The van der Waals surface area contributed by atoms with Crippen LogP contribution < -0.4 is 10.6 Å². The van der Waals surface area contributed by atoms with E-state index in [9.17, 15) is 0 Å². The maximum Gasteiger partial charge on any atom is 0.249 e. The molecule has 3 aromatic rings. The fourth-order valence-corrected chi connectivity index (χ4v) is 2.86. The van der Waals surface area contributed by atoms with E-state index < -0.39 is 0 Å². The highest BCUT2D eigenvalue weighted by Gasteiger charge is 2.05. The van der Waals surface area contributed by atoms with Crippen LogP contribution in [-0.2, 0) is 6.42 Å². The highest BCUT2D eigenvalue weighted by atomic mass is 35.5. The van der Waals surface area contributed by atoms with Gasteiger partial charge in [-0.1, -0.05) is 53.0 Å². The van der Waals surface area contributed by atoms with Gasteiger partial charge in [-0.2, -0.15) is 10.1 Å². The van der Waals surface area contributed by atoms with Crippen molar-refractivity contribution in [2.24, 2.45) is 0 Å². The number of benzene rings is 2. The second-order valence-electron chi connectivity index (χ2n) is 5.18. The predicted octanol–water partition coefficient (Wildman–Crippen LogP) is 5.23. The zero-order chi connectivity index (χ0) is 17.6. The summed E-state index contributed by atoms with van der Waals surface area (Å²) in [6.07, 6.45) is 2.29. The first-order valence-electron chi connectivity index (χ1n) is 7.51. The molecule has 2 N–H and O–H groups in total.